The maximum absolute atomic E-state index is 10.8. The molecule has 0 spiro atoms. The van der Waals surface area contributed by atoms with Gasteiger partial charge in [-0.15, -0.1) is 0 Å². The molecule has 3 rings (SSSR count). The first-order chi connectivity index (χ1) is 10.2. The summed E-state index contributed by atoms with van der Waals surface area (Å²) in [5, 5.41) is 8.85. The second-order valence-corrected chi connectivity index (χ2v) is 5.29. The Hall–Kier alpha value is -2.33. The Kier molecular flexibility index (Phi) is 3.88. The van der Waals surface area contributed by atoms with E-state index in [1.54, 1.807) is 0 Å². The summed E-state index contributed by atoms with van der Waals surface area (Å²) in [6.07, 6.45) is 0. The molecule has 0 amide bonds. The number of carbonyl (C=O) groups is 1. The molecule has 21 heavy (non-hydrogen) atoms. The van der Waals surface area contributed by atoms with Crippen LogP contribution in [-0.4, -0.2) is 29.1 Å². The smallest absolute Gasteiger partial charge is 0.309 e. The summed E-state index contributed by atoms with van der Waals surface area (Å²) in [6, 6.07) is 17.6. The summed E-state index contributed by atoms with van der Waals surface area (Å²) in [5.41, 5.74) is 1.17. The average molecular weight is 283 g/mol. The van der Waals surface area contributed by atoms with Crippen molar-refractivity contribution in [3.8, 4) is 11.5 Å². The molecule has 1 fully saturated rings. The van der Waals surface area contributed by atoms with Gasteiger partial charge >= 0.3 is 5.97 Å². The molecule has 1 aliphatic heterocycles. The van der Waals surface area contributed by atoms with Crippen molar-refractivity contribution >= 4 is 5.97 Å². The number of aliphatic carboxylic acids is 1. The number of hydrogen-bond donors (Lipinski definition) is 1. The molecular weight excluding hydrogens is 266 g/mol. The number of ether oxygens (including phenoxy) is 1. The summed E-state index contributed by atoms with van der Waals surface area (Å²) >= 11 is 0. The second kappa shape index (κ2) is 5.97. The Balaban J connectivity index is 1.54. The van der Waals surface area contributed by atoms with Crippen molar-refractivity contribution in [3.05, 3.63) is 60.2 Å². The molecule has 4 nitrogen and oxygen atoms in total. The van der Waals surface area contributed by atoms with Gasteiger partial charge in [-0.25, -0.2) is 0 Å². The van der Waals surface area contributed by atoms with Gasteiger partial charge in [0.1, 0.15) is 11.5 Å². The maximum Gasteiger partial charge on any atom is 0.309 e. The molecule has 1 N–H and O–H groups in total. The van der Waals surface area contributed by atoms with E-state index in [-0.39, 0.29) is 5.92 Å². The van der Waals surface area contributed by atoms with Crippen molar-refractivity contribution in [1.29, 1.82) is 0 Å². The lowest BCUT2D eigenvalue weighted by atomic mass is 10.00. The van der Waals surface area contributed by atoms with Gasteiger partial charge in [0.15, 0.2) is 0 Å². The predicted molar refractivity (Wildman–Crippen MR) is 79.4 cm³/mol. The number of nitrogens with zero attached hydrogens (tertiary/aromatic N) is 1. The van der Waals surface area contributed by atoms with Crippen molar-refractivity contribution in [2.75, 3.05) is 13.1 Å². The molecule has 2 aromatic rings. The highest BCUT2D eigenvalue weighted by Gasteiger charge is 2.31. The van der Waals surface area contributed by atoms with Crippen LogP contribution in [0, 0.1) is 5.92 Å². The molecule has 0 aromatic heterocycles. The zero-order valence-corrected chi connectivity index (χ0v) is 11.6. The minimum absolute atomic E-state index is 0.203. The largest absolute Gasteiger partial charge is 0.481 e. The average Bonchev–Trinajstić information content (AvgIpc) is 2.45. The van der Waals surface area contributed by atoms with Crippen LogP contribution < -0.4 is 4.74 Å². The maximum atomic E-state index is 10.8. The highest BCUT2D eigenvalue weighted by Crippen LogP contribution is 2.23. The van der Waals surface area contributed by atoms with E-state index < -0.39 is 5.97 Å². The Morgan fingerprint density at radius 3 is 2.29 bits per heavy atom. The lowest BCUT2D eigenvalue weighted by Crippen LogP contribution is -2.49. The predicted octanol–water partition coefficient (Wildman–Crippen LogP) is 3.00. The fraction of sp³-hybridized carbons (Fsp3) is 0.235. The third kappa shape index (κ3) is 3.41. The van der Waals surface area contributed by atoms with Crippen LogP contribution in [0.25, 0.3) is 0 Å². The summed E-state index contributed by atoms with van der Waals surface area (Å²) < 4.78 is 5.74. The topological polar surface area (TPSA) is 49.8 Å². The van der Waals surface area contributed by atoms with Crippen LogP contribution in [0.3, 0.4) is 0 Å². The zero-order chi connectivity index (χ0) is 14.7. The van der Waals surface area contributed by atoms with E-state index in [1.807, 2.05) is 54.6 Å². The van der Waals surface area contributed by atoms with Crippen LogP contribution in [0.5, 0.6) is 11.5 Å². The van der Waals surface area contributed by atoms with E-state index in [0.29, 0.717) is 13.1 Å². The van der Waals surface area contributed by atoms with Gasteiger partial charge in [-0.1, -0.05) is 30.3 Å². The van der Waals surface area contributed by atoms with Crippen molar-refractivity contribution in [2.24, 2.45) is 5.92 Å². The Morgan fingerprint density at radius 2 is 1.67 bits per heavy atom. The first kappa shape index (κ1) is 13.6. The SMILES string of the molecule is O=C(O)C1CN(Cc2ccc(Oc3ccccc3)cc2)C1. The lowest BCUT2D eigenvalue weighted by molar-refractivity contribution is -0.147. The Morgan fingerprint density at radius 1 is 1.05 bits per heavy atom. The zero-order valence-electron chi connectivity index (χ0n) is 11.6. The minimum Gasteiger partial charge on any atom is -0.481 e. The summed E-state index contributed by atoms with van der Waals surface area (Å²) in [6.45, 7) is 2.06. The molecular formula is C17H17NO3. The molecule has 4 heteroatoms. The number of likely N-dealkylation sites (tertiary alicyclic amines) is 1. The number of hydrogen-bond acceptors (Lipinski definition) is 3. The third-order valence-electron chi connectivity index (χ3n) is 3.61. The Bertz CT molecular complexity index is 604. The molecule has 1 heterocycles. The molecule has 0 aliphatic carbocycles. The van der Waals surface area contributed by atoms with Crippen LogP contribution in [-0.2, 0) is 11.3 Å². The van der Waals surface area contributed by atoms with Gasteiger partial charge in [-0.05, 0) is 29.8 Å². The summed E-state index contributed by atoms with van der Waals surface area (Å²) in [4.78, 5) is 12.9. The molecule has 0 radical (unpaired) electrons. The van der Waals surface area contributed by atoms with E-state index in [1.165, 1.54) is 5.56 Å². The van der Waals surface area contributed by atoms with Crippen molar-refractivity contribution in [1.82, 2.24) is 4.90 Å². The number of para-hydroxylation sites is 1. The first-order valence-corrected chi connectivity index (χ1v) is 6.98. The number of carboxylic acids is 1. The van der Waals surface area contributed by atoms with Gasteiger partial charge in [-0.3, -0.25) is 9.69 Å². The standard InChI is InChI=1S/C17H17NO3/c19-17(20)14-11-18(12-14)10-13-6-8-16(9-7-13)21-15-4-2-1-3-5-15/h1-9,14H,10-12H2,(H,19,20). The van der Waals surface area contributed by atoms with Crippen molar-refractivity contribution in [3.63, 3.8) is 0 Å². The number of benzene rings is 2. The number of rotatable bonds is 5. The lowest BCUT2D eigenvalue weighted by Gasteiger charge is -2.36. The quantitative estimate of drug-likeness (QED) is 0.916. The van der Waals surface area contributed by atoms with E-state index in [9.17, 15) is 4.79 Å². The van der Waals surface area contributed by atoms with E-state index in [2.05, 4.69) is 4.90 Å². The molecule has 108 valence electrons. The molecule has 0 saturated carbocycles. The molecule has 0 unspecified atom stereocenters. The van der Waals surface area contributed by atoms with Crippen LogP contribution in [0.15, 0.2) is 54.6 Å². The van der Waals surface area contributed by atoms with Crippen molar-refractivity contribution in [2.45, 2.75) is 6.54 Å². The van der Waals surface area contributed by atoms with E-state index >= 15 is 0 Å². The van der Waals surface area contributed by atoms with Crippen LogP contribution in [0.1, 0.15) is 5.56 Å². The van der Waals surface area contributed by atoms with Crippen LogP contribution in [0.4, 0.5) is 0 Å². The van der Waals surface area contributed by atoms with E-state index in [0.717, 1.165) is 18.0 Å². The fourth-order valence-corrected chi connectivity index (χ4v) is 2.40. The van der Waals surface area contributed by atoms with Crippen LogP contribution >= 0.6 is 0 Å². The number of carboxylic acid groups (broad SMARTS) is 1. The summed E-state index contributed by atoms with van der Waals surface area (Å²) in [5.74, 6) is 0.720. The highest BCUT2D eigenvalue weighted by atomic mass is 16.5. The van der Waals surface area contributed by atoms with Crippen molar-refractivity contribution < 1.29 is 14.6 Å². The molecule has 1 aliphatic rings. The molecule has 0 bridgehead atoms. The monoisotopic (exact) mass is 283 g/mol. The van der Waals surface area contributed by atoms with Gasteiger partial charge < -0.3 is 9.84 Å². The normalized spacial score (nSPS) is 15.4. The van der Waals surface area contributed by atoms with Gasteiger partial charge in [0, 0.05) is 19.6 Å². The molecule has 1 saturated heterocycles. The third-order valence-corrected chi connectivity index (χ3v) is 3.61. The molecule has 0 atom stereocenters. The summed E-state index contributed by atoms with van der Waals surface area (Å²) in [7, 11) is 0. The minimum atomic E-state index is -0.696. The van der Waals surface area contributed by atoms with Gasteiger partial charge in [0.25, 0.3) is 0 Å². The Labute approximate surface area is 123 Å². The van der Waals surface area contributed by atoms with Gasteiger partial charge in [0.05, 0.1) is 5.92 Å². The molecule has 2 aromatic carbocycles. The van der Waals surface area contributed by atoms with E-state index in [4.69, 9.17) is 9.84 Å². The first-order valence-electron chi connectivity index (χ1n) is 6.98. The fourth-order valence-electron chi connectivity index (χ4n) is 2.40. The second-order valence-electron chi connectivity index (χ2n) is 5.29. The van der Waals surface area contributed by atoms with Crippen LogP contribution in [0.2, 0.25) is 0 Å². The van der Waals surface area contributed by atoms with Gasteiger partial charge in [0.2, 0.25) is 0 Å². The highest BCUT2D eigenvalue weighted by molar-refractivity contribution is 5.71. The van der Waals surface area contributed by atoms with Gasteiger partial charge in [-0.2, -0.15) is 0 Å².